The third kappa shape index (κ3) is 4.12. The van der Waals surface area contributed by atoms with Gasteiger partial charge in [0, 0.05) is 37.9 Å². The van der Waals surface area contributed by atoms with Crippen molar-refractivity contribution in [1.82, 2.24) is 34.6 Å². The van der Waals surface area contributed by atoms with Crippen LogP contribution >= 0.6 is 0 Å². The van der Waals surface area contributed by atoms with Crippen LogP contribution < -0.4 is 4.90 Å². The summed E-state index contributed by atoms with van der Waals surface area (Å²) in [5.41, 5.74) is 4.11. The number of carbonyl (C=O) groups is 1. The minimum Gasteiger partial charge on any atom is -0.378 e. The number of rotatable bonds is 6. The number of nitrogens with one attached hydrogen (secondary N) is 1. The zero-order valence-corrected chi connectivity index (χ0v) is 19.7. The van der Waals surface area contributed by atoms with Crippen LogP contribution in [0.4, 0.5) is 5.82 Å². The van der Waals surface area contributed by atoms with E-state index in [1.165, 1.54) is 5.56 Å². The summed E-state index contributed by atoms with van der Waals surface area (Å²) in [5.74, 6) is 1.21. The summed E-state index contributed by atoms with van der Waals surface area (Å²) < 4.78 is 7.18. The quantitative estimate of drug-likeness (QED) is 0.472. The highest BCUT2D eigenvalue weighted by molar-refractivity contribution is 5.95. The monoisotopic (exact) mass is 460 g/mol. The summed E-state index contributed by atoms with van der Waals surface area (Å²) in [7, 11) is 0. The Balaban J connectivity index is 1.59. The molecule has 1 fully saturated rings. The molecule has 0 spiro atoms. The second kappa shape index (κ2) is 9.22. The van der Waals surface area contributed by atoms with Crippen LogP contribution in [0.15, 0.2) is 36.5 Å². The van der Waals surface area contributed by atoms with Gasteiger partial charge in [-0.2, -0.15) is 15.1 Å². The average molecular weight is 461 g/mol. The van der Waals surface area contributed by atoms with Gasteiger partial charge in [-0.25, -0.2) is 9.67 Å². The minimum atomic E-state index is -0.154. The Labute approximate surface area is 197 Å². The van der Waals surface area contributed by atoms with E-state index in [9.17, 15) is 4.79 Å². The molecule has 10 nitrogen and oxygen atoms in total. The Morgan fingerprint density at radius 3 is 2.65 bits per heavy atom. The lowest BCUT2D eigenvalue weighted by Gasteiger charge is -2.28. The Morgan fingerprint density at radius 2 is 1.91 bits per heavy atom. The van der Waals surface area contributed by atoms with Crippen molar-refractivity contribution in [3.05, 3.63) is 47.9 Å². The zero-order valence-electron chi connectivity index (χ0n) is 19.7. The number of hydrogen-bond acceptors (Lipinski definition) is 7. The Kier molecular flexibility index (Phi) is 5.97. The molecule has 0 saturated carbocycles. The second-order valence-corrected chi connectivity index (χ2v) is 8.22. The molecule has 4 aromatic rings. The number of hydrogen-bond donors (Lipinski definition) is 1. The number of ether oxygens (including phenoxy) is 1. The smallest absolute Gasteiger partial charge is 0.289 e. The molecule has 4 heterocycles. The normalized spacial score (nSPS) is 14.0. The molecule has 1 aliphatic rings. The maximum absolute atomic E-state index is 12.9. The molecule has 0 aliphatic carbocycles. The van der Waals surface area contributed by atoms with Crippen molar-refractivity contribution in [1.29, 1.82) is 0 Å². The number of nitrogens with zero attached hydrogens (tertiary/aromatic N) is 7. The molecule has 1 aliphatic heterocycles. The molecule has 0 bridgehead atoms. The van der Waals surface area contributed by atoms with Crippen LogP contribution in [0.2, 0.25) is 0 Å². The molecule has 1 aromatic carbocycles. The first kappa shape index (κ1) is 22.0. The third-order valence-corrected chi connectivity index (χ3v) is 5.99. The van der Waals surface area contributed by atoms with Crippen molar-refractivity contribution in [3.8, 4) is 17.2 Å². The molecule has 0 radical (unpaired) electrons. The predicted molar refractivity (Wildman–Crippen MR) is 129 cm³/mol. The molecule has 1 amide bonds. The lowest BCUT2D eigenvalue weighted by atomic mass is 10.1. The molecule has 1 N–H and O–H groups in total. The van der Waals surface area contributed by atoms with Crippen LogP contribution in [0, 0.1) is 6.92 Å². The molecule has 5 rings (SSSR count). The molecule has 176 valence electrons. The van der Waals surface area contributed by atoms with Crippen LogP contribution in [-0.4, -0.2) is 79.9 Å². The number of fused-ring (bicyclic) bond motifs is 1. The van der Waals surface area contributed by atoms with Crippen LogP contribution in [0.3, 0.4) is 0 Å². The highest BCUT2D eigenvalue weighted by atomic mass is 16.5. The fourth-order valence-electron chi connectivity index (χ4n) is 4.13. The SMILES string of the molecule is CCN(CC)C(=O)c1nc2nc(-n3ccc(-c4cccc(C)c4)n3)nc(N3CCOCC3)c2[nH]1. The standard InChI is InChI=1S/C24H28N8O2/c1-4-30(5-2)23(33)21-25-19-20(26-21)27-24(28-22(19)31-11-13-34-14-12-31)32-10-9-18(29-32)17-8-6-7-16(3)15-17/h6-10,15H,4-5,11-14H2,1-3H3,(H,25,26,27,28). The Morgan fingerprint density at radius 1 is 1.12 bits per heavy atom. The fourth-order valence-corrected chi connectivity index (χ4v) is 4.13. The van der Waals surface area contributed by atoms with Gasteiger partial charge in [0.1, 0.15) is 5.52 Å². The van der Waals surface area contributed by atoms with E-state index in [1.807, 2.05) is 38.2 Å². The van der Waals surface area contributed by atoms with Crippen molar-refractivity contribution >= 4 is 22.9 Å². The van der Waals surface area contributed by atoms with Gasteiger partial charge in [0.15, 0.2) is 17.3 Å². The van der Waals surface area contributed by atoms with E-state index in [-0.39, 0.29) is 11.7 Å². The summed E-state index contributed by atoms with van der Waals surface area (Å²) >= 11 is 0. The first-order valence-electron chi connectivity index (χ1n) is 11.6. The van der Waals surface area contributed by atoms with Crippen LogP contribution in [-0.2, 0) is 4.74 Å². The van der Waals surface area contributed by atoms with Gasteiger partial charge >= 0.3 is 0 Å². The Bertz CT molecular complexity index is 1320. The Hall–Kier alpha value is -3.79. The summed E-state index contributed by atoms with van der Waals surface area (Å²) in [4.78, 5) is 34.0. The number of benzene rings is 1. The van der Waals surface area contributed by atoms with Crippen molar-refractivity contribution in [3.63, 3.8) is 0 Å². The number of amides is 1. The molecule has 1 saturated heterocycles. The van der Waals surface area contributed by atoms with Gasteiger partial charge in [-0.15, -0.1) is 0 Å². The first-order chi connectivity index (χ1) is 16.6. The summed E-state index contributed by atoms with van der Waals surface area (Å²) in [6, 6.07) is 10.1. The van der Waals surface area contributed by atoms with Gasteiger partial charge in [-0.1, -0.05) is 23.8 Å². The molecule has 0 unspecified atom stereocenters. The average Bonchev–Trinajstić information content (AvgIpc) is 3.52. The van der Waals surface area contributed by atoms with Gasteiger partial charge in [-0.05, 0) is 32.9 Å². The molecule has 0 atom stereocenters. The first-order valence-corrected chi connectivity index (χ1v) is 11.6. The fraction of sp³-hybridized carbons (Fsp3) is 0.375. The van der Waals surface area contributed by atoms with Crippen molar-refractivity contribution in [2.75, 3.05) is 44.3 Å². The number of aromatic amines is 1. The number of morpholine rings is 1. The number of carbonyl (C=O) groups excluding carboxylic acids is 1. The number of imidazole rings is 1. The summed E-state index contributed by atoms with van der Waals surface area (Å²) in [6.45, 7) is 9.77. The number of aromatic nitrogens is 6. The van der Waals surface area contributed by atoms with Crippen molar-refractivity contribution < 1.29 is 9.53 Å². The van der Waals surface area contributed by atoms with Gasteiger partial charge in [0.25, 0.3) is 11.9 Å². The van der Waals surface area contributed by atoms with Gasteiger partial charge < -0.3 is 19.5 Å². The zero-order chi connectivity index (χ0) is 23.7. The van der Waals surface area contributed by atoms with Crippen LogP contribution in [0.25, 0.3) is 28.4 Å². The maximum Gasteiger partial charge on any atom is 0.289 e. The third-order valence-electron chi connectivity index (χ3n) is 5.99. The highest BCUT2D eigenvalue weighted by Crippen LogP contribution is 2.26. The van der Waals surface area contributed by atoms with E-state index in [0.29, 0.717) is 62.3 Å². The van der Waals surface area contributed by atoms with Crippen LogP contribution in [0.5, 0.6) is 0 Å². The summed E-state index contributed by atoms with van der Waals surface area (Å²) in [5, 5.41) is 4.72. The molecule has 10 heteroatoms. The largest absolute Gasteiger partial charge is 0.378 e. The molecule has 34 heavy (non-hydrogen) atoms. The van der Waals surface area contributed by atoms with Crippen molar-refractivity contribution in [2.24, 2.45) is 0 Å². The van der Waals surface area contributed by atoms with Gasteiger partial charge in [-0.3, -0.25) is 4.79 Å². The van der Waals surface area contributed by atoms with E-state index in [2.05, 4.69) is 38.9 Å². The minimum absolute atomic E-state index is 0.154. The summed E-state index contributed by atoms with van der Waals surface area (Å²) in [6.07, 6.45) is 1.84. The number of H-pyrrole nitrogens is 1. The van der Waals surface area contributed by atoms with E-state index < -0.39 is 0 Å². The van der Waals surface area contributed by atoms with E-state index in [1.54, 1.807) is 9.58 Å². The second-order valence-electron chi connectivity index (χ2n) is 8.22. The van der Waals surface area contributed by atoms with Crippen LogP contribution in [0.1, 0.15) is 30.0 Å². The predicted octanol–water partition coefficient (Wildman–Crippen LogP) is 2.83. The molecular formula is C24H28N8O2. The lowest BCUT2D eigenvalue weighted by molar-refractivity contribution is 0.0762. The molecule has 3 aromatic heterocycles. The van der Waals surface area contributed by atoms with E-state index in [4.69, 9.17) is 14.8 Å². The van der Waals surface area contributed by atoms with E-state index >= 15 is 0 Å². The maximum atomic E-state index is 12.9. The topological polar surface area (TPSA) is 105 Å². The van der Waals surface area contributed by atoms with E-state index in [0.717, 1.165) is 11.3 Å². The highest BCUT2D eigenvalue weighted by Gasteiger charge is 2.24. The molecular weight excluding hydrogens is 432 g/mol. The number of anilines is 1. The number of aryl methyl sites for hydroxylation is 1. The van der Waals surface area contributed by atoms with Gasteiger partial charge in [0.2, 0.25) is 0 Å². The van der Waals surface area contributed by atoms with Gasteiger partial charge in [0.05, 0.1) is 18.9 Å². The lowest BCUT2D eigenvalue weighted by Crippen LogP contribution is -2.37. The van der Waals surface area contributed by atoms with Crippen molar-refractivity contribution in [2.45, 2.75) is 20.8 Å².